The van der Waals surface area contributed by atoms with Gasteiger partial charge in [-0.2, -0.15) is 0 Å². The molecule has 2 heteroatoms. The van der Waals surface area contributed by atoms with Gasteiger partial charge in [-0.25, -0.2) is 0 Å². The molecule has 4 aliphatic carbocycles. The molecule has 1 nitrogen and oxygen atoms in total. The molecule has 4 saturated carbocycles. The molecule has 0 aromatic carbocycles. The highest BCUT2D eigenvalue weighted by Gasteiger charge is 2.41. The van der Waals surface area contributed by atoms with Crippen molar-refractivity contribution in [1.29, 1.82) is 0 Å². The van der Waals surface area contributed by atoms with Crippen molar-refractivity contribution in [2.45, 2.75) is 38.5 Å². The van der Waals surface area contributed by atoms with Gasteiger partial charge in [-0.1, -0.05) is 0 Å². The monoisotopic (exact) mass is 223 g/mol. The second-order valence-electron chi connectivity index (χ2n) is 5.76. The maximum absolute atomic E-state index is 3.92. The Bertz CT molecular complexity index is 186. The van der Waals surface area contributed by atoms with E-state index in [1.54, 1.807) is 50.3 Å². The fraction of sp³-hybridized carbons (Fsp3) is 0.923. The van der Waals surface area contributed by atoms with E-state index in [-0.39, 0.29) is 0 Å². The lowest BCUT2D eigenvalue weighted by atomic mass is 9.56. The van der Waals surface area contributed by atoms with Gasteiger partial charge in [-0.05, 0) is 62.2 Å². The van der Waals surface area contributed by atoms with Crippen molar-refractivity contribution < 1.29 is 0 Å². The highest BCUT2D eigenvalue weighted by Crippen LogP contribution is 2.53. The molecule has 0 N–H and O–H groups in total. The van der Waals surface area contributed by atoms with Gasteiger partial charge in [0.25, 0.3) is 0 Å². The lowest BCUT2D eigenvalue weighted by molar-refractivity contribution is 0.0198. The number of nitrogens with zero attached hydrogens (tertiary/aromatic N) is 1. The van der Waals surface area contributed by atoms with Crippen molar-refractivity contribution in [2.75, 3.05) is 12.3 Å². The second kappa shape index (κ2) is 4.48. The van der Waals surface area contributed by atoms with Crippen molar-refractivity contribution in [3.63, 3.8) is 0 Å². The van der Waals surface area contributed by atoms with Gasteiger partial charge in [-0.3, -0.25) is 4.99 Å². The van der Waals surface area contributed by atoms with Crippen LogP contribution in [0.5, 0.6) is 0 Å². The molecule has 0 aromatic heterocycles. The van der Waals surface area contributed by atoms with Gasteiger partial charge in [0.05, 0.1) is 5.55 Å². The van der Waals surface area contributed by atoms with Crippen LogP contribution in [0, 0.1) is 23.7 Å². The van der Waals surface area contributed by atoms with E-state index >= 15 is 0 Å². The zero-order chi connectivity index (χ0) is 10.1. The normalized spacial score (nSPS) is 45.3. The Morgan fingerprint density at radius 2 is 1.27 bits per heavy atom. The second-order valence-corrected chi connectivity index (χ2v) is 6.71. The molecule has 84 valence electrons. The molecule has 15 heavy (non-hydrogen) atoms. The van der Waals surface area contributed by atoms with Crippen LogP contribution >= 0.6 is 11.8 Å². The number of aliphatic imine (C=N–C) groups is 1. The Morgan fingerprint density at radius 3 is 1.47 bits per heavy atom. The molecule has 4 bridgehead atoms. The molecule has 5 rings (SSSR count). The summed E-state index contributed by atoms with van der Waals surface area (Å²) in [6.07, 6.45) is 9.62. The summed E-state index contributed by atoms with van der Waals surface area (Å²) >= 11 is 1.78. The third-order valence-corrected chi connectivity index (χ3v) is 5.20. The minimum atomic E-state index is 1.03. The molecular weight excluding hydrogens is 202 g/mol. The standard InChI is InChI=1S/C10H16.C3H5NS/c1-7-2-9-4-8(1)5-10(3-7)6-9;1-2-5-3-4-1/h7-10H,1-6H2;3H,1-2H2. The van der Waals surface area contributed by atoms with Crippen LogP contribution in [0.3, 0.4) is 0 Å². The van der Waals surface area contributed by atoms with Crippen molar-refractivity contribution in [1.82, 2.24) is 0 Å². The van der Waals surface area contributed by atoms with Gasteiger partial charge in [0.15, 0.2) is 0 Å². The van der Waals surface area contributed by atoms with Crippen LogP contribution in [0.4, 0.5) is 0 Å². The van der Waals surface area contributed by atoms with Crippen LogP contribution in [-0.2, 0) is 0 Å². The Morgan fingerprint density at radius 1 is 0.800 bits per heavy atom. The van der Waals surface area contributed by atoms with Crippen molar-refractivity contribution >= 4 is 17.3 Å². The van der Waals surface area contributed by atoms with Gasteiger partial charge in [0, 0.05) is 12.3 Å². The van der Waals surface area contributed by atoms with Crippen LogP contribution in [0.1, 0.15) is 38.5 Å². The first-order valence-electron chi connectivity index (χ1n) is 6.50. The zero-order valence-corrected chi connectivity index (χ0v) is 10.2. The van der Waals surface area contributed by atoms with Gasteiger partial charge < -0.3 is 0 Å². The average molecular weight is 223 g/mol. The molecular formula is C13H21NS. The third-order valence-electron chi connectivity index (χ3n) is 4.49. The third kappa shape index (κ3) is 2.41. The summed E-state index contributed by atoms with van der Waals surface area (Å²) in [5.41, 5.74) is 1.90. The number of rotatable bonds is 0. The molecule has 5 aliphatic rings. The minimum absolute atomic E-state index is 1.03. The summed E-state index contributed by atoms with van der Waals surface area (Å²) < 4.78 is 0. The fourth-order valence-corrected chi connectivity index (χ4v) is 4.77. The molecule has 1 aliphatic heterocycles. The maximum Gasteiger partial charge on any atom is 0.0542 e. The molecule has 0 atom stereocenters. The number of hydrogen-bond donors (Lipinski definition) is 0. The number of thioether (sulfide) groups is 1. The van der Waals surface area contributed by atoms with Gasteiger partial charge >= 0.3 is 0 Å². The molecule has 0 aromatic rings. The quantitative estimate of drug-likeness (QED) is 0.611. The van der Waals surface area contributed by atoms with Crippen molar-refractivity contribution in [2.24, 2.45) is 28.7 Å². The van der Waals surface area contributed by atoms with Crippen LogP contribution in [0.25, 0.3) is 0 Å². The smallest absolute Gasteiger partial charge is 0.0542 e. The Hall–Kier alpha value is 0.0200. The summed E-state index contributed by atoms with van der Waals surface area (Å²) in [6.45, 7) is 1.03. The molecule has 0 spiro atoms. The summed E-state index contributed by atoms with van der Waals surface area (Å²) in [7, 11) is 0. The summed E-state index contributed by atoms with van der Waals surface area (Å²) in [5, 5.41) is 0. The predicted octanol–water partition coefficient (Wildman–Crippen LogP) is 3.59. The number of hydrogen-bond acceptors (Lipinski definition) is 2. The predicted molar refractivity (Wildman–Crippen MR) is 67.5 cm³/mol. The molecule has 1 heterocycles. The largest absolute Gasteiger partial charge is 0.285 e. The fourth-order valence-electron chi connectivity index (χ4n) is 4.25. The van der Waals surface area contributed by atoms with Crippen LogP contribution in [0.15, 0.2) is 4.99 Å². The lowest BCUT2D eigenvalue weighted by Gasteiger charge is -2.49. The van der Waals surface area contributed by atoms with Gasteiger partial charge in [-0.15, -0.1) is 11.8 Å². The molecule has 0 saturated heterocycles. The molecule has 4 fully saturated rings. The molecule has 0 unspecified atom stereocenters. The lowest BCUT2D eigenvalue weighted by Crippen LogP contribution is -2.38. The summed E-state index contributed by atoms with van der Waals surface area (Å²) in [4.78, 5) is 3.92. The van der Waals surface area contributed by atoms with E-state index in [4.69, 9.17) is 0 Å². The van der Waals surface area contributed by atoms with E-state index in [1.807, 2.05) is 5.55 Å². The topological polar surface area (TPSA) is 12.4 Å². The molecule has 0 radical (unpaired) electrons. The van der Waals surface area contributed by atoms with E-state index in [2.05, 4.69) is 4.99 Å². The van der Waals surface area contributed by atoms with Crippen LogP contribution in [-0.4, -0.2) is 17.8 Å². The minimum Gasteiger partial charge on any atom is -0.285 e. The summed E-state index contributed by atoms with van der Waals surface area (Å²) in [5.74, 6) is 5.90. The van der Waals surface area contributed by atoms with E-state index in [0.29, 0.717) is 0 Å². The highest BCUT2D eigenvalue weighted by atomic mass is 32.2. The van der Waals surface area contributed by atoms with Gasteiger partial charge in [0.1, 0.15) is 0 Å². The van der Waals surface area contributed by atoms with E-state index in [1.165, 1.54) is 29.4 Å². The average Bonchev–Trinajstić information content (AvgIpc) is 2.72. The first kappa shape index (κ1) is 10.2. The SMILES string of the molecule is C1=NCCS1.C1C2CC3CC1CC(C2)C3. The highest BCUT2D eigenvalue weighted by molar-refractivity contribution is 8.12. The van der Waals surface area contributed by atoms with Crippen molar-refractivity contribution in [3.8, 4) is 0 Å². The Labute approximate surface area is 97.1 Å². The van der Waals surface area contributed by atoms with Crippen molar-refractivity contribution in [3.05, 3.63) is 0 Å². The first-order valence-corrected chi connectivity index (χ1v) is 7.55. The van der Waals surface area contributed by atoms with E-state index in [0.717, 1.165) is 6.54 Å². The van der Waals surface area contributed by atoms with Gasteiger partial charge in [0.2, 0.25) is 0 Å². The van der Waals surface area contributed by atoms with E-state index < -0.39 is 0 Å². The Kier molecular flexibility index (Phi) is 3.05. The van der Waals surface area contributed by atoms with E-state index in [9.17, 15) is 0 Å². The molecule has 0 amide bonds. The Balaban J connectivity index is 0.000000123. The van der Waals surface area contributed by atoms with Crippen LogP contribution in [0.2, 0.25) is 0 Å². The summed E-state index contributed by atoms with van der Waals surface area (Å²) in [6, 6.07) is 0. The van der Waals surface area contributed by atoms with Crippen LogP contribution < -0.4 is 0 Å². The zero-order valence-electron chi connectivity index (χ0n) is 9.40. The maximum atomic E-state index is 3.92. The first-order chi connectivity index (χ1) is 7.40.